The number of aromatic nitrogens is 3. The lowest BCUT2D eigenvalue weighted by molar-refractivity contribution is 0.666. The molecule has 1 aromatic heterocycles. The van der Waals surface area contributed by atoms with Crippen LogP contribution in [-0.2, 0) is 6.42 Å². The van der Waals surface area contributed by atoms with Crippen LogP contribution in [0.4, 0.5) is 0 Å². The van der Waals surface area contributed by atoms with E-state index in [0.717, 1.165) is 23.5 Å². The normalized spacial score (nSPS) is 11.0. The average molecular weight is 333 g/mol. The quantitative estimate of drug-likeness (QED) is 0.521. The predicted molar refractivity (Wildman–Crippen MR) is 104 cm³/mol. The predicted octanol–water partition coefficient (Wildman–Crippen LogP) is 5.67. The maximum Gasteiger partial charge on any atom is 0.163 e. The molecule has 0 aliphatic heterocycles. The van der Waals surface area contributed by atoms with Gasteiger partial charge in [-0.25, -0.2) is 9.67 Å². The second kappa shape index (κ2) is 8.11. The van der Waals surface area contributed by atoms with E-state index in [1.54, 1.807) is 6.33 Å². The van der Waals surface area contributed by atoms with Crippen LogP contribution in [0.1, 0.15) is 49.3 Å². The van der Waals surface area contributed by atoms with Crippen LogP contribution in [-0.4, -0.2) is 14.8 Å². The molecule has 0 amide bonds. The molecule has 0 aliphatic rings. The van der Waals surface area contributed by atoms with Crippen LogP contribution >= 0.6 is 0 Å². The van der Waals surface area contributed by atoms with Gasteiger partial charge in [-0.15, -0.1) is 0 Å². The number of rotatable bonds is 7. The van der Waals surface area contributed by atoms with E-state index in [-0.39, 0.29) is 0 Å². The summed E-state index contributed by atoms with van der Waals surface area (Å²) in [5, 5.41) is 4.51. The number of hydrogen-bond donors (Lipinski definition) is 0. The Kier molecular flexibility index (Phi) is 5.64. The highest BCUT2D eigenvalue weighted by Gasteiger charge is 2.14. The SMILES string of the molecule is CCCCCCc1cc(C)c(-n2ncnc2-c2ccccc2)c(C)c1. The third-order valence-corrected chi connectivity index (χ3v) is 4.66. The molecule has 130 valence electrons. The third kappa shape index (κ3) is 3.98. The van der Waals surface area contributed by atoms with E-state index < -0.39 is 0 Å². The molecule has 3 nitrogen and oxygen atoms in total. The van der Waals surface area contributed by atoms with Gasteiger partial charge >= 0.3 is 0 Å². The summed E-state index contributed by atoms with van der Waals surface area (Å²) in [6.45, 7) is 6.61. The van der Waals surface area contributed by atoms with Gasteiger partial charge in [0.25, 0.3) is 0 Å². The minimum absolute atomic E-state index is 0.891. The maximum absolute atomic E-state index is 4.51. The molecule has 3 heteroatoms. The number of aryl methyl sites for hydroxylation is 3. The zero-order valence-corrected chi connectivity index (χ0v) is 15.5. The summed E-state index contributed by atoms with van der Waals surface area (Å²) >= 11 is 0. The van der Waals surface area contributed by atoms with Crippen LogP contribution < -0.4 is 0 Å². The van der Waals surface area contributed by atoms with E-state index in [1.807, 2.05) is 22.9 Å². The van der Waals surface area contributed by atoms with Gasteiger partial charge in [-0.2, -0.15) is 5.10 Å². The Balaban J connectivity index is 1.90. The summed E-state index contributed by atoms with van der Waals surface area (Å²) in [6.07, 6.45) is 7.99. The highest BCUT2D eigenvalue weighted by Crippen LogP contribution is 2.26. The van der Waals surface area contributed by atoms with Crippen molar-refractivity contribution in [2.75, 3.05) is 0 Å². The molecule has 1 heterocycles. The van der Waals surface area contributed by atoms with E-state index in [9.17, 15) is 0 Å². The molecular formula is C22H27N3. The minimum Gasteiger partial charge on any atom is -0.215 e. The number of nitrogens with zero attached hydrogens (tertiary/aromatic N) is 3. The van der Waals surface area contributed by atoms with E-state index in [0.29, 0.717) is 0 Å². The fourth-order valence-corrected chi connectivity index (χ4v) is 3.47. The fraction of sp³-hybridized carbons (Fsp3) is 0.364. The van der Waals surface area contributed by atoms with Gasteiger partial charge in [-0.05, 0) is 43.4 Å². The van der Waals surface area contributed by atoms with Crippen molar-refractivity contribution in [1.82, 2.24) is 14.8 Å². The van der Waals surface area contributed by atoms with Gasteiger partial charge in [0.15, 0.2) is 5.82 Å². The standard InChI is InChI=1S/C22H27N3/c1-4-5-6-8-11-19-14-17(2)21(18(3)15-19)25-22(23-16-24-25)20-12-9-7-10-13-20/h7,9-10,12-16H,4-6,8,11H2,1-3H3. The molecule has 25 heavy (non-hydrogen) atoms. The van der Waals surface area contributed by atoms with Crippen molar-refractivity contribution in [3.05, 3.63) is 65.5 Å². The Morgan fingerprint density at radius 2 is 1.64 bits per heavy atom. The summed E-state index contributed by atoms with van der Waals surface area (Å²) < 4.78 is 1.97. The van der Waals surface area contributed by atoms with Crippen molar-refractivity contribution >= 4 is 0 Å². The van der Waals surface area contributed by atoms with Crippen LogP contribution in [0.5, 0.6) is 0 Å². The van der Waals surface area contributed by atoms with Crippen molar-refractivity contribution in [2.45, 2.75) is 52.9 Å². The average Bonchev–Trinajstić information content (AvgIpc) is 3.08. The van der Waals surface area contributed by atoms with Gasteiger partial charge in [0, 0.05) is 5.56 Å². The lowest BCUT2D eigenvalue weighted by Crippen LogP contribution is -2.05. The summed E-state index contributed by atoms with van der Waals surface area (Å²) in [7, 11) is 0. The monoisotopic (exact) mass is 333 g/mol. The largest absolute Gasteiger partial charge is 0.215 e. The van der Waals surface area contributed by atoms with E-state index >= 15 is 0 Å². The molecule has 0 radical (unpaired) electrons. The van der Waals surface area contributed by atoms with Gasteiger partial charge in [-0.3, -0.25) is 0 Å². The van der Waals surface area contributed by atoms with E-state index in [4.69, 9.17) is 0 Å². The molecule has 0 aliphatic carbocycles. The Morgan fingerprint density at radius 3 is 2.32 bits per heavy atom. The van der Waals surface area contributed by atoms with E-state index in [2.05, 4.69) is 55.1 Å². The highest BCUT2D eigenvalue weighted by atomic mass is 15.3. The van der Waals surface area contributed by atoms with Crippen molar-refractivity contribution in [1.29, 1.82) is 0 Å². The fourth-order valence-electron chi connectivity index (χ4n) is 3.47. The van der Waals surface area contributed by atoms with Gasteiger partial charge < -0.3 is 0 Å². The van der Waals surface area contributed by atoms with Crippen molar-refractivity contribution in [2.24, 2.45) is 0 Å². The first kappa shape index (κ1) is 17.4. The van der Waals surface area contributed by atoms with Crippen LogP contribution in [0, 0.1) is 13.8 Å². The molecule has 0 spiro atoms. The first-order valence-corrected chi connectivity index (χ1v) is 9.26. The third-order valence-electron chi connectivity index (χ3n) is 4.66. The topological polar surface area (TPSA) is 30.7 Å². The Bertz CT molecular complexity index is 795. The van der Waals surface area contributed by atoms with Gasteiger partial charge in [0.2, 0.25) is 0 Å². The zero-order valence-electron chi connectivity index (χ0n) is 15.5. The summed E-state index contributed by atoms with van der Waals surface area (Å²) in [5.41, 5.74) is 6.17. The molecule has 3 aromatic rings. The molecule has 2 aromatic carbocycles. The number of benzene rings is 2. The van der Waals surface area contributed by atoms with Crippen LogP contribution in [0.25, 0.3) is 17.1 Å². The molecule has 0 bridgehead atoms. The summed E-state index contributed by atoms with van der Waals surface area (Å²) in [4.78, 5) is 4.49. The Labute approximate surface area is 150 Å². The summed E-state index contributed by atoms with van der Waals surface area (Å²) in [6, 6.07) is 14.9. The van der Waals surface area contributed by atoms with Crippen molar-refractivity contribution in [3.8, 4) is 17.1 Å². The molecule has 0 N–H and O–H groups in total. The van der Waals surface area contributed by atoms with Crippen LogP contribution in [0.3, 0.4) is 0 Å². The second-order valence-electron chi connectivity index (χ2n) is 6.75. The lowest BCUT2D eigenvalue weighted by atomic mass is 9.99. The molecule has 0 atom stereocenters. The maximum atomic E-state index is 4.51. The molecule has 0 saturated heterocycles. The molecule has 0 unspecified atom stereocenters. The zero-order chi connectivity index (χ0) is 17.6. The summed E-state index contributed by atoms with van der Waals surface area (Å²) in [5.74, 6) is 0.891. The molecule has 0 fully saturated rings. The van der Waals surface area contributed by atoms with Gasteiger partial charge in [0.1, 0.15) is 6.33 Å². The second-order valence-corrected chi connectivity index (χ2v) is 6.75. The Hall–Kier alpha value is -2.42. The molecule has 3 rings (SSSR count). The Morgan fingerprint density at radius 1 is 0.920 bits per heavy atom. The molecular weight excluding hydrogens is 306 g/mol. The highest BCUT2D eigenvalue weighted by molar-refractivity contribution is 5.60. The van der Waals surface area contributed by atoms with Crippen molar-refractivity contribution < 1.29 is 0 Å². The van der Waals surface area contributed by atoms with Crippen LogP contribution in [0.15, 0.2) is 48.8 Å². The lowest BCUT2D eigenvalue weighted by Gasteiger charge is -2.14. The van der Waals surface area contributed by atoms with E-state index in [1.165, 1.54) is 42.4 Å². The number of hydrogen-bond acceptors (Lipinski definition) is 2. The van der Waals surface area contributed by atoms with Gasteiger partial charge in [0.05, 0.1) is 5.69 Å². The van der Waals surface area contributed by atoms with Crippen molar-refractivity contribution in [3.63, 3.8) is 0 Å². The minimum atomic E-state index is 0.891. The smallest absolute Gasteiger partial charge is 0.163 e. The van der Waals surface area contributed by atoms with Gasteiger partial charge in [-0.1, -0.05) is 68.7 Å². The van der Waals surface area contributed by atoms with Crippen LogP contribution in [0.2, 0.25) is 0 Å². The molecule has 0 saturated carbocycles. The first-order chi connectivity index (χ1) is 12.2. The first-order valence-electron chi connectivity index (χ1n) is 9.26. The number of unbranched alkanes of at least 4 members (excludes halogenated alkanes) is 3.